The average molecular weight is 129 g/mol. The van der Waals surface area contributed by atoms with E-state index in [0.29, 0.717) is 6.42 Å². The third-order valence-electron chi connectivity index (χ3n) is 1.10. The maximum Gasteiger partial charge on any atom is 0.303 e. The van der Waals surface area contributed by atoms with Crippen LogP contribution in [0.4, 0.5) is 0 Å². The Bertz CT molecular complexity index is 112. The van der Waals surface area contributed by atoms with Gasteiger partial charge >= 0.3 is 5.97 Å². The molecule has 0 bridgehead atoms. The van der Waals surface area contributed by atoms with Gasteiger partial charge in [-0.05, 0) is 18.6 Å². The molecule has 0 heterocycles. The second-order valence-electron chi connectivity index (χ2n) is 2.08. The smallest absolute Gasteiger partial charge is 0.303 e. The summed E-state index contributed by atoms with van der Waals surface area (Å²) in [5.41, 5.74) is 0. The Labute approximate surface area is 54.2 Å². The van der Waals surface area contributed by atoms with E-state index in [1.807, 2.05) is 6.92 Å². The van der Waals surface area contributed by atoms with E-state index in [4.69, 9.17) is 10.5 Å². The van der Waals surface area contributed by atoms with Crippen molar-refractivity contribution in [2.75, 3.05) is 0 Å². The first-order valence-corrected chi connectivity index (χ1v) is 2.89. The van der Waals surface area contributed by atoms with Crippen molar-refractivity contribution in [2.24, 2.45) is 5.92 Å². The van der Waals surface area contributed by atoms with Crippen LogP contribution in [0.25, 0.3) is 0 Å². The van der Waals surface area contributed by atoms with Crippen LogP contribution in [-0.4, -0.2) is 17.3 Å². The van der Waals surface area contributed by atoms with Crippen molar-refractivity contribution in [3.63, 3.8) is 0 Å². The number of carbonyl (C=O) groups is 1. The normalized spacial score (nSPS) is 12.6. The van der Waals surface area contributed by atoms with E-state index < -0.39 is 5.97 Å². The van der Waals surface area contributed by atoms with Crippen LogP contribution in [0.2, 0.25) is 0 Å². The van der Waals surface area contributed by atoms with Gasteiger partial charge in [0, 0.05) is 6.42 Å². The molecule has 0 fully saturated rings. The summed E-state index contributed by atoms with van der Waals surface area (Å²) in [4.78, 5) is 9.94. The molecule has 0 aliphatic carbocycles. The lowest BCUT2D eigenvalue weighted by atomic mass is 10.1. The van der Waals surface area contributed by atoms with Gasteiger partial charge < -0.3 is 10.5 Å². The second-order valence-corrected chi connectivity index (χ2v) is 2.08. The van der Waals surface area contributed by atoms with E-state index in [-0.39, 0.29) is 12.3 Å². The molecule has 9 heavy (non-hydrogen) atoms. The minimum absolute atomic E-state index is 0.0982. The highest BCUT2D eigenvalue weighted by Gasteiger charge is 2.00. The van der Waals surface area contributed by atoms with Gasteiger partial charge in [-0.15, -0.1) is 0 Å². The molecule has 3 nitrogen and oxygen atoms in total. The Balaban J connectivity index is 3.26. The molecule has 52 valence electrons. The summed E-state index contributed by atoms with van der Waals surface area (Å²) in [7, 11) is 0. The van der Waals surface area contributed by atoms with Crippen molar-refractivity contribution in [1.82, 2.24) is 0 Å². The summed E-state index contributed by atoms with van der Waals surface area (Å²) in [6.45, 7) is 1.83. The third-order valence-corrected chi connectivity index (χ3v) is 1.10. The van der Waals surface area contributed by atoms with Crippen LogP contribution in [0.5, 0.6) is 0 Å². The van der Waals surface area contributed by atoms with Gasteiger partial charge in [-0.2, -0.15) is 0 Å². The number of rotatable bonds is 4. The molecule has 1 unspecified atom stereocenters. The van der Waals surface area contributed by atoms with E-state index in [2.05, 4.69) is 0 Å². The van der Waals surface area contributed by atoms with E-state index in [1.165, 1.54) is 6.21 Å². The molecule has 0 saturated heterocycles. The Morgan fingerprint density at radius 3 is 2.78 bits per heavy atom. The maximum absolute atomic E-state index is 9.94. The van der Waals surface area contributed by atoms with Gasteiger partial charge in [0.1, 0.15) is 0 Å². The summed E-state index contributed by atoms with van der Waals surface area (Å²) in [6, 6.07) is 0. The van der Waals surface area contributed by atoms with Gasteiger partial charge in [0.05, 0.1) is 0 Å². The van der Waals surface area contributed by atoms with Crippen molar-refractivity contribution in [3.8, 4) is 0 Å². The van der Waals surface area contributed by atoms with Gasteiger partial charge in [0.2, 0.25) is 0 Å². The Morgan fingerprint density at radius 2 is 2.44 bits per heavy atom. The highest BCUT2D eigenvalue weighted by molar-refractivity contribution is 5.67. The number of nitrogens with one attached hydrogen (secondary N) is 1. The minimum atomic E-state index is -0.788. The Hall–Kier alpha value is -0.860. The standard InChI is InChI=1S/C6H11NO2/c1-5(4-7)2-3-6(8)9/h4-5,7H,2-3H2,1H3,(H,8,9). The first-order chi connectivity index (χ1) is 4.16. The van der Waals surface area contributed by atoms with Crippen molar-refractivity contribution < 1.29 is 9.90 Å². The molecule has 0 rings (SSSR count). The maximum atomic E-state index is 9.94. The predicted molar refractivity (Wildman–Crippen MR) is 34.8 cm³/mol. The molecule has 0 aromatic heterocycles. The lowest BCUT2D eigenvalue weighted by molar-refractivity contribution is -0.137. The van der Waals surface area contributed by atoms with Crippen LogP contribution >= 0.6 is 0 Å². The lowest BCUT2D eigenvalue weighted by Gasteiger charge is -1.98. The molecule has 0 saturated carbocycles. The summed E-state index contributed by atoms with van der Waals surface area (Å²) in [5.74, 6) is -0.690. The van der Waals surface area contributed by atoms with Crippen molar-refractivity contribution >= 4 is 12.2 Å². The zero-order chi connectivity index (χ0) is 7.28. The molecule has 2 N–H and O–H groups in total. The second kappa shape index (κ2) is 4.06. The zero-order valence-corrected chi connectivity index (χ0v) is 5.42. The molecule has 0 aromatic carbocycles. The molecular weight excluding hydrogens is 118 g/mol. The fourth-order valence-electron chi connectivity index (χ4n) is 0.434. The van der Waals surface area contributed by atoms with Crippen LogP contribution < -0.4 is 0 Å². The number of aliphatic carboxylic acids is 1. The predicted octanol–water partition coefficient (Wildman–Crippen LogP) is 1.14. The van der Waals surface area contributed by atoms with Crippen molar-refractivity contribution in [2.45, 2.75) is 19.8 Å². The summed E-state index contributed by atoms with van der Waals surface area (Å²) in [5, 5.41) is 14.9. The van der Waals surface area contributed by atoms with E-state index in [9.17, 15) is 4.79 Å². The number of carboxylic acids is 1. The first-order valence-electron chi connectivity index (χ1n) is 2.89. The SMILES string of the molecule is CC(C=N)CCC(=O)O. The third kappa shape index (κ3) is 5.00. The molecule has 0 amide bonds. The van der Waals surface area contributed by atoms with Crippen LogP contribution in [0.3, 0.4) is 0 Å². The van der Waals surface area contributed by atoms with E-state index in [0.717, 1.165) is 0 Å². The molecule has 0 aliphatic heterocycles. The summed E-state index contributed by atoms with van der Waals surface area (Å²) >= 11 is 0. The summed E-state index contributed by atoms with van der Waals surface area (Å²) in [6.07, 6.45) is 2.00. The lowest BCUT2D eigenvalue weighted by Crippen LogP contribution is -2.00. The average Bonchev–Trinajstić information content (AvgIpc) is 1.83. The Kier molecular flexibility index (Phi) is 3.67. The molecule has 0 spiro atoms. The van der Waals surface area contributed by atoms with E-state index in [1.54, 1.807) is 0 Å². The van der Waals surface area contributed by atoms with Gasteiger partial charge in [-0.1, -0.05) is 6.92 Å². The fraction of sp³-hybridized carbons (Fsp3) is 0.667. The van der Waals surface area contributed by atoms with Crippen LogP contribution in [0.1, 0.15) is 19.8 Å². The van der Waals surface area contributed by atoms with Crippen LogP contribution in [0, 0.1) is 11.3 Å². The van der Waals surface area contributed by atoms with Crippen molar-refractivity contribution in [3.05, 3.63) is 0 Å². The number of carboxylic acid groups (broad SMARTS) is 1. The first kappa shape index (κ1) is 8.14. The topological polar surface area (TPSA) is 61.2 Å². The molecule has 0 aromatic rings. The van der Waals surface area contributed by atoms with Crippen molar-refractivity contribution in [1.29, 1.82) is 5.41 Å². The number of hydrogen-bond donors (Lipinski definition) is 2. The van der Waals surface area contributed by atoms with Crippen LogP contribution in [-0.2, 0) is 4.79 Å². The largest absolute Gasteiger partial charge is 0.481 e. The molecule has 1 atom stereocenters. The summed E-state index contributed by atoms with van der Waals surface area (Å²) < 4.78 is 0. The highest BCUT2D eigenvalue weighted by atomic mass is 16.4. The fourth-order valence-corrected chi connectivity index (χ4v) is 0.434. The molecular formula is C6H11NO2. The highest BCUT2D eigenvalue weighted by Crippen LogP contribution is 2.00. The molecule has 0 aliphatic rings. The van der Waals surface area contributed by atoms with Gasteiger partial charge in [-0.25, -0.2) is 0 Å². The zero-order valence-electron chi connectivity index (χ0n) is 5.42. The molecule has 0 radical (unpaired) electrons. The minimum Gasteiger partial charge on any atom is -0.481 e. The van der Waals surface area contributed by atoms with Gasteiger partial charge in [-0.3, -0.25) is 4.79 Å². The monoisotopic (exact) mass is 129 g/mol. The van der Waals surface area contributed by atoms with Crippen LogP contribution in [0.15, 0.2) is 0 Å². The quantitative estimate of drug-likeness (QED) is 0.559. The Morgan fingerprint density at radius 1 is 1.89 bits per heavy atom. The number of hydrogen-bond acceptors (Lipinski definition) is 2. The molecule has 3 heteroatoms. The van der Waals surface area contributed by atoms with Gasteiger partial charge in [0.15, 0.2) is 0 Å². The van der Waals surface area contributed by atoms with E-state index >= 15 is 0 Å². The van der Waals surface area contributed by atoms with Gasteiger partial charge in [0.25, 0.3) is 0 Å².